The summed E-state index contributed by atoms with van der Waals surface area (Å²) in [6, 6.07) is 0.319. The van der Waals surface area contributed by atoms with Crippen LogP contribution >= 0.6 is 0 Å². The van der Waals surface area contributed by atoms with Crippen LogP contribution in [-0.2, 0) is 6.42 Å². The summed E-state index contributed by atoms with van der Waals surface area (Å²) in [5.41, 5.74) is 0.578. The van der Waals surface area contributed by atoms with Crippen molar-refractivity contribution in [1.29, 1.82) is 0 Å². The van der Waals surface area contributed by atoms with Gasteiger partial charge in [0.1, 0.15) is 0 Å². The number of aryl methyl sites for hydroxylation is 1. The van der Waals surface area contributed by atoms with Crippen molar-refractivity contribution in [3.8, 4) is 0 Å². The van der Waals surface area contributed by atoms with Crippen LogP contribution in [0.15, 0.2) is 12.4 Å². The van der Waals surface area contributed by atoms with Crippen LogP contribution in [0, 0.1) is 0 Å². The van der Waals surface area contributed by atoms with Gasteiger partial charge in [-0.15, -0.1) is 0 Å². The lowest BCUT2D eigenvalue weighted by Gasteiger charge is -2.19. The van der Waals surface area contributed by atoms with Gasteiger partial charge in [0, 0.05) is 18.4 Å². The number of hydrogen-bond donors (Lipinski definition) is 2. The number of hydrogen-bond acceptors (Lipinski definition) is 4. The molecule has 0 aliphatic heterocycles. The van der Waals surface area contributed by atoms with E-state index < -0.39 is 5.60 Å². The third-order valence-electron chi connectivity index (χ3n) is 2.91. The number of aliphatic hydroxyl groups is 1. The second-order valence-electron chi connectivity index (χ2n) is 5.52. The first-order valence-corrected chi connectivity index (χ1v) is 6.70. The normalized spacial score (nSPS) is 13.4. The fourth-order valence-corrected chi connectivity index (χ4v) is 1.75. The van der Waals surface area contributed by atoms with Crippen molar-refractivity contribution in [3.63, 3.8) is 0 Å². The first-order chi connectivity index (χ1) is 8.40. The van der Waals surface area contributed by atoms with Crippen LogP contribution in [0.5, 0.6) is 0 Å². The van der Waals surface area contributed by atoms with Crippen LogP contribution in [-0.4, -0.2) is 26.7 Å². The van der Waals surface area contributed by atoms with Gasteiger partial charge in [0.05, 0.1) is 5.60 Å². The molecule has 1 heterocycles. The van der Waals surface area contributed by atoms with E-state index >= 15 is 0 Å². The molecule has 4 nitrogen and oxygen atoms in total. The molecule has 0 aliphatic rings. The fourth-order valence-electron chi connectivity index (χ4n) is 1.75. The van der Waals surface area contributed by atoms with Crippen LogP contribution in [0.4, 0.5) is 5.95 Å². The Labute approximate surface area is 110 Å². The van der Waals surface area contributed by atoms with E-state index in [2.05, 4.69) is 29.1 Å². The number of anilines is 1. The van der Waals surface area contributed by atoms with Crippen molar-refractivity contribution in [2.24, 2.45) is 0 Å². The SMILES string of the molecule is CCc1cnc(N[C@@H](C)CCCC(C)(C)O)nc1. The Kier molecular flexibility index (Phi) is 5.54. The van der Waals surface area contributed by atoms with Gasteiger partial charge in [-0.2, -0.15) is 0 Å². The Bertz CT molecular complexity index is 343. The monoisotopic (exact) mass is 251 g/mol. The molecule has 1 aromatic heterocycles. The summed E-state index contributed by atoms with van der Waals surface area (Å²) in [7, 11) is 0. The minimum absolute atomic E-state index is 0.319. The van der Waals surface area contributed by atoms with Gasteiger partial charge in [-0.1, -0.05) is 6.92 Å². The summed E-state index contributed by atoms with van der Waals surface area (Å²) in [6.45, 7) is 7.89. The summed E-state index contributed by atoms with van der Waals surface area (Å²) in [6.07, 6.45) is 7.49. The van der Waals surface area contributed by atoms with E-state index in [1.807, 2.05) is 26.2 Å². The second kappa shape index (κ2) is 6.69. The molecule has 0 aromatic carbocycles. The van der Waals surface area contributed by atoms with Crippen molar-refractivity contribution in [2.45, 2.75) is 65.0 Å². The lowest BCUT2D eigenvalue weighted by atomic mass is 10.00. The maximum absolute atomic E-state index is 9.63. The van der Waals surface area contributed by atoms with E-state index in [0.29, 0.717) is 12.0 Å². The van der Waals surface area contributed by atoms with Crippen molar-refractivity contribution >= 4 is 5.95 Å². The predicted octanol–water partition coefficient (Wildman–Crippen LogP) is 2.78. The molecule has 1 rings (SSSR count). The number of rotatable bonds is 7. The minimum atomic E-state index is -0.570. The molecular formula is C14H25N3O. The molecule has 0 saturated carbocycles. The summed E-state index contributed by atoms with van der Waals surface area (Å²) >= 11 is 0. The number of aromatic nitrogens is 2. The highest BCUT2D eigenvalue weighted by molar-refractivity contribution is 5.25. The fraction of sp³-hybridized carbons (Fsp3) is 0.714. The standard InChI is InChI=1S/C14H25N3O/c1-5-12-9-15-13(16-10-12)17-11(2)7-6-8-14(3,4)18/h9-11,18H,5-8H2,1-4H3,(H,15,16,17)/t11-/m0/s1. The van der Waals surface area contributed by atoms with Crippen LogP contribution in [0.2, 0.25) is 0 Å². The molecule has 4 heteroatoms. The Morgan fingerprint density at radius 3 is 2.44 bits per heavy atom. The maximum Gasteiger partial charge on any atom is 0.222 e. The Morgan fingerprint density at radius 1 is 1.33 bits per heavy atom. The zero-order chi connectivity index (χ0) is 13.6. The molecule has 1 aromatic rings. The molecule has 0 bridgehead atoms. The zero-order valence-corrected chi connectivity index (χ0v) is 11.9. The highest BCUT2D eigenvalue weighted by Gasteiger charge is 2.13. The molecule has 0 spiro atoms. The van der Waals surface area contributed by atoms with E-state index in [-0.39, 0.29) is 0 Å². The molecule has 0 aliphatic carbocycles. The minimum Gasteiger partial charge on any atom is -0.390 e. The molecule has 0 radical (unpaired) electrons. The highest BCUT2D eigenvalue weighted by atomic mass is 16.3. The molecule has 0 amide bonds. The van der Waals surface area contributed by atoms with Gasteiger partial charge < -0.3 is 10.4 Å². The van der Waals surface area contributed by atoms with Gasteiger partial charge in [0.2, 0.25) is 5.95 Å². The van der Waals surface area contributed by atoms with Gasteiger partial charge in [0.15, 0.2) is 0 Å². The van der Waals surface area contributed by atoms with Crippen LogP contribution in [0.25, 0.3) is 0 Å². The molecular weight excluding hydrogens is 226 g/mol. The molecule has 0 fully saturated rings. The molecule has 0 saturated heterocycles. The summed E-state index contributed by atoms with van der Waals surface area (Å²) < 4.78 is 0. The lowest BCUT2D eigenvalue weighted by Crippen LogP contribution is -2.21. The largest absolute Gasteiger partial charge is 0.390 e. The maximum atomic E-state index is 9.63. The first kappa shape index (κ1) is 14.9. The van der Waals surface area contributed by atoms with Crippen molar-refractivity contribution in [1.82, 2.24) is 9.97 Å². The van der Waals surface area contributed by atoms with E-state index in [9.17, 15) is 5.11 Å². The average molecular weight is 251 g/mol. The number of nitrogens with one attached hydrogen (secondary N) is 1. The zero-order valence-electron chi connectivity index (χ0n) is 11.9. The van der Waals surface area contributed by atoms with Gasteiger partial charge in [0.25, 0.3) is 0 Å². The lowest BCUT2D eigenvalue weighted by molar-refractivity contribution is 0.0680. The topological polar surface area (TPSA) is 58.0 Å². The highest BCUT2D eigenvalue weighted by Crippen LogP contribution is 2.14. The Morgan fingerprint density at radius 2 is 1.94 bits per heavy atom. The van der Waals surface area contributed by atoms with Crippen LogP contribution in [0.3, 0.4) is 0 Å². The first-order valence-electron chi connectivity index (χ1n) is 6.70. The van der Waals surface area contributed by atoms with E-state index in [1.54, 1.807) is 0 Å². The second-order valence-corrected chi connectivity index (χ2v) is 5.52. The molecule has 18 heavy (non-hydrogen) atoms. The number of nitrogens with zero attached hydrogens (tertiary/aromatic N) is 2. The third-order valence-corrected chi connectivity index (χ3v) is 2.91. The summed E-state index contributed by atoms with van der Waals surface area (Å²) in [4.78, 5) is 8.55. The van der Waals surface area contributed by atoms with E-state index in [0.717, 1.165) is 31.2 Å². The van der Waals surface area contributed by atoms with Crippen LogP contribution in [0.1, 0.15) is 52.5 Å². The van der Waals surface area contributed by atoms with E-state index in [1.165, 1.54) is 0 Å². The average Bonchev–Trinajstić information content (AvgIpc) is 2.28. The summed E-state index contributed by atoms with van der Waals surface area (Å²) in [5.74, 6) is 0.683. The smallest absolute Gasteiger partial charge is 0.222 e. The Hall–Kier alpha value is -1.16. The van der Waals surface area contributed by atoms with E-state index in [4.69, 9.17) is 0 Å². The third kappa shape index (κ3) is 5.96. The van der Waals surface area contributed by atoms with Crippen molar-refractivity contribution < 1.29 is 5.11 Å². The summed E-state index contributed by atoms with van der Waals surface area (Å²) in [5, 5.41) is 12.9. The van der Waals surface area contributed by atoms with Crippen molar-refractivity contribution in [3.05, 3.63) is 18.0 Å². The quantitative estimate of drug-likeness (QED) is 0.782. The molecule has 2 N–H and O–H groups in total. The predicted molar refractivity (Wildman–Crippen MR) is 74.6 cm³/mol. The van der Waals surface area contributed by atoms with Gasteiger partial charge in [-0.3, -0.25) is 0 Å². The van der Waals surface area contributed by atoms with Gasteiger partial charge >= 0.3 is 0 Å². The molecule has 1 atom stereocenters. The Balaban J connectivity index is 2.32. The van der Waals surface area contributed by atoms with Crippen LogP contribution < -0.4 is 5.32 Å². The van der Waals surface area contributed by atoms with Gasteiger partial charge in [-0.25, -0.2) is 9.97 Å². The van der Waals surface area contributed by atoms with Crippen molar-refractivity contribution in [2.75, 3.05) is 5.32 Å². The molecule has 0 unspecified atom stereocenters. The van der Waals surface area contributed by atoms with Gasteiger partial charge in [-0.05, 0) is 52.0 Å². The molecule has 102 valence electrons.